The van der Waals surface area contributed by atoms with Crippen LogP contribution in [0.1, 0.15) is 27.2 Å². The molecule has 0 aliphatic rings. The molecule has 0 aliphatic heterocycles. The zero-order chi connectivity index (χ0) is 19.2. The van der Waals surface area contributed by atoms with Gasteiger partial charge in [0.05, 0.1) is 29.0 Å². The van der Waals surface area contributed by atoms with Crippen molar-refractivity contribution in [1.29, 1.82) is 0 Å². The summed E-state index contributed by atoms with van der Waals surface area (Å²) in [7, 11) is -4.29. The van der Waals surface area contributed by atoms with Crippen molar-refractivity contribution in [3.63, 3.8) is 0 Å². The number of nitrogens with zero attached hydrogens (tertiary/aromatic N) is 1. The summed E-state index contributed by atoms with van der Waals surface area (Å²) < 4.78 is 35.0. The Bertz CT molecular complexity index is 739. The topological polar surface area (TPSA) is 130 Å². The van der Waals surface area contributed by atoms with E-state index in [-0.39, 0.29) is 17.2 Å². The molecule has 1 aromatic carbocycles. The fraction of sp³-hybridized carbons (Fsp3) is 0.467. The molecule has 1 unspecified atom stereocenters. The summed E-state index contributed by atoms with van der Waals surface area (Å²) in [5.74, 6) is -1.94. The third-order valence-corrected chi connectivity index (χ3v) is 5.06. The highest BCUT2D eigenvalue weighted by Crippen LogP contribution is 2.23. The normalized spacial score (nSPS) is 12.5. The van der Waals surface area contributed by atoms with E-state index in [0.29, 0.717) is 0 Å². The van der Waals surface area contributed by atoms with Crippen LogP contribution < -0.4 is 0 Å². The minimum Gasteiger partial charge on any atom is -0.465 e. The average Bonchev–Trinajstić information content (AvgIpc) is 2.52. The number of esters is 2. The maximum atomic E-state index is 12.7. The second-order valence-corrected chi connectivity index (χ2v) is 7.41. The number of nitro groups is 1. The van der Waals surface area contributed by atoms with E-state index >= 15 is 0 Å². The first kappa shape index (κ1) is 20.6. The van der Waals surface area contributed by atoms with Crippen molar-refractivity contribution in [2.75, 3.05) is 6.61 Å². The molecular weight excluding hydrogens is 354 g/mol. The lowest BCUT2D eigenvalue weighted by molar-refractivity contribution is -0.384. The predicted molar refractivity (Wildman–Crippen MR) is 86.5 cm³/mol. The number of benzene rings is 1. The van der Waals surface area contributed by atoms with Gasteiger partial charge in [-0.1, -0.05) is 0 Å². The molecule has 0 fully saturated rings. The smallest absolute Gasteiger partial charge is 0.325 e. The van der Waals surface area contributed by atoms with Crippen LogP contribution in [-0.2, 0) is 28.9 Å². The van der Waals surface area contributed by atoms with Crippen molar-refractivity contribution < 1.29 is 32.4 Å². The molecule has 1 aromatic rings. The Hall–Kier alpha value is -2.49. The molecule has 25 heavy (non-hydrogen) atoms. The van der Waals surface area contributed by atoms with Gasteiger partial charge in [-0.2, -0.15) is 0 Å². The van der Waals surface area contributed by atoms with Crippen molar-refractivity contribution in [1.82, 2.24) is 0 Å². The van der Waals surface area contributed by atoms with E-state index in [9.17, 15) is 28.1 Å². The number of ether oxygens (including phenoxy) is 2. The van der Waals surface area contributed by atoms with Crippen LogP contribution >= 0.6 is 0 Å². The lowest BCUT2D eigenvalue weighted by atomic mass is 10.3. The second kappa shape index (κ2) is 8.56. The molecular formula is C15H19NO8S. The van der Waals surface area contributed by atoms with Gasteiger partial charge in [0.25, 0.3) is 5.69 Å². The van der Waals surface area contributed by atoms with Gasteiger partial charge < -0.3 is 9.47 Å². The molecule has 0 N–H and O–H groups in total. The molecule has 1 atom stereocenters. The van der Waals surface area contributed by atoms with Gasteiger partial charge in [-0.25, -0.2) is 8.42 Å². The van der Waals surface area contributed by atoms with Crippen LogP contribution in [0.15, 0.2) is 29.2 Å². The number of sulfone groups is 1. The molecule has 0 aromatic heterocycles. The van der Waals surface area contributed by atoms with Gasteiger partial charge in [-0.3, -0.25) is 19.7 Å². The van der Waals surface area contributed by atoms with Gasteiger partial charge in [0.2, 0.25) is 0 Å². The quantitative estimate of drug-likeness (QED) is 0.382. The van der Waals surface area contributed by atoms with Gasteiger partial charge in [0.1, 0.15) is 0 Å². The summed E-state index contributed by atoms with van der Waals surface area (Å²) in [4.78, 5) is 33.5. The van der Waals surface area contributed by atoms with Crippen molar-refractivity contribution >= 4 is 27.5 Å². The van der Waals surface area contributed by atoms with Crippen LogP contribution in [0, 0.1) is 10.1 Å². The molecule has 0 bridgehead atoms. The van der Waals surface area contributed by atoms with E-state index in [1.807, 2.05) is 0 Å². The molecule has 0 aliphatic carbocycles. The van der Waals surface area contributed by atoms with E-state index in [2.05, 4.69) is 0 Å². The number of non-ortho nitro benzene ring substituents is 1. The number of hydrogen-bond acceptors (Lipinski definition) is 8. The third kappa shape index (κ3) is 5.52. The molecule has 0 spiro atoms. The maximum Gasteiger partial charge on any atom is 0.325 e. The van der Waals surface area contributed by atoms with Gasteiger partial charge in [0.15, 0.2) is 15.1 Å². The fourth-order valence-electron chi connectivity index (χ4n) is 1.94. The number of hydrogen-bond donors (Lipinski definition) is 0. The summed E-state index contributed by atoms with van der Waals surface area (Å²) in [6.07, 6.45) is -1.19. The van der Waals surface area contributed by atoms with E-state index in [1.165, 1.54) is 6.92 Å². The second-order valence-electron chi connectivity index (χ2n) is 5.28. The molecule has 0 saturated heterocycles. The fourth-order valence-corrected chi connectivity index (χ4v) is 3.46. The van der Waals surface area contributed by atoms with E-state index in [1.54, 1.807) is 13.8 Å². The third-order valence-electron chi connectivity index (χ3n) is 3.02. The molecule has 0 amide bonds. The van der Waals surface area contributed by atoms with Crippen molar-refractivity contribution in [3.8, 4) is 0 Å². The molecule has 0 radical (unpaired) electrons. The van der Waals surface area contributed by atoms with Crippen molar-refractivity contribution in [3.05, 3.63) is 34.4 Å². The first-order chi connectivity index (χ1) is 11.6. The summed E-state index contributed by atoms with van der Waals surface area (Å²) in [6.45, 7) is 4.61. The van der Waals surface area contributed by atoms with E-state index in [4.69, 9.17) is 9.47 Å². The Labute approximate surface area is 145 Å². The zero-order valence-electron chi connectivity index (χ0n) is 14.0. The van der Waals surface area contributed by atoms with E-state index in [0.717, 1.165) is 24.3 Å². The average molecular weight is 373 g/mol. The van der Waals surface area contributed by atoms with Crippen LogP contribution in [0.4, 0.5) is 5.69 Å². The molecule has 9 nitrogen and oxygen atoms in total. The van der Waals surface area contributed by atoms with Crippen molar-refractivity contribution in [2.45, 2.75) is 43.4 Å². The number of carbonyl (C=O) groups is 2. The lowest BCUT2D eigenvalue weighted by Crippen LogP contribution is -2.35. The standard InChI is InChI=1S/C15H19NO8S/c1-4-23-15(18)13(9-14(17)24-10(2)3)25(21,22)12-7-5-11(6-8-12)16(19)20/h5-8,10,13H,4,9H2,1-3H3. The molecule has 0 heterocycles. The minimum absolute atomic E-state index is 0.0651. The molecule has 10 heteroatoms. The van der Waals surface area contributed by atoms with Gasteiger partial charge in [0, 0.05) is 12.1 Å². The highest BCUT2D eigenvalue weighted by atomic mass is 32.2. The number of rotatable bonds is 8. The molecule has 1 rings (SSSR count). The highest BCUT2D eigenvalue weighted by Gasteiger charge is 2.38. The lowest BCUT2D eigenvalue weighted by Gasteiger charge is -2.16. The Morgan fingerprint density at radius 3 is 2.20 bits per heavy atom. The van der Waals surface area contributed by atoms with Crippen LogP contribution in [0.25, 0.3) is 0 Å². The summed E-state index contributed by atoms with van der Waals surface area (Å²) in [5, 5.41) is 8.87. The first-order valence-electron chi connectivity index (χ1n) is 7.44. The summed E-state index contributed by atoms with van der Waals surface area (Å²) in [6, 6.07) is 4.02. The van der Waals surface area contributed by atoms with Gasteiger partial charge in [-0.15, -0.1) is 0 Å². The SMILES string of the molecule is CCOC(=O)C(CC(=O)OC(C)C)S(=O)(=O)c1ccc([N+](=O)[O-])cc1. The Morgan fingerprint density at radius 1 is 1.20 bits per heavy atom. The first-order valence-corrected chi connectivity index (χ1v) is 8.98. The maximum absolute atomic E-state index is 12.7. The minimum atomic E-state index is -4.29. The Kier molecular flexibility index (Phi) is 7.04. The van der Waals surface area contributed by atoms with Crippen LogP contribution in [0.2, 0.25) is 0 Å². The Morgan fingerprint density at radius 2 is 1.76 bits per heavy atom. The summed E-state index contributed by atoms with van der Waals surface area (Å²) >= 11 is 0. The van der Waals surface area contributed by atoms with Gasteiger partial charge in [-0.05, 0) is 32.9 Å². The van der Waals surface area contributed by atoms with Crippen LogP contribution in [0.3, 0.4) is 0 Å². The largest absolute Gasteiger partial charge is 0.465 e. The van der Waals surface area contributed by atoms with Gasteiger partial charge >= 0.3 is 11.9 Å². The Balaban J connectivity index is 3.19. The van der Waals surface area contributed by atoms with E-state index < -0.39 is 44.5 Å². The zero-order valence-corrected chi connectivity index (χ0v) is 14.8. The number of carbonyl (C=O) groups excluding carboxylic acids is 2. The predicted octanol–water partition coefficient (Wildman–Crippen LogP) is 1.64. The van der Waals surface area contributed by atoms with Crippen LogP contribution in [-0.4, -0.2) is 43.2 Å². The highest BCUT2D eigenvalue weighted by molar-refractivity contribution is 7.92. The van der Waals surface area contributed by atoms with Crippen LogP contribution in [0.5, 0.6) is 0 Å². The number of nitro benzene ring substituents is 1. The summed E-state index contributed by atoms with van der Waals surface area (Å²) in [5.41, 5.74) is -0.300. The monoisotopic (exact) mass is 373 g/mol. The molecule has 0 saturated carbocycles. The molecule has 138 valence electrons. The van der Waals surface area contributed by atoms with Crippen molar-refractivity contribution in [2.24, 2.45) is 0 Å².